The molecule has 0 amide bonds. The van der Waals surface area contributed by atoms with Crippen molar-refractivity contribution in [2.24, 2.45) is 5.84 Å². The summed E-state index contributed by atoms with van der Waals surface area (Å²) in [4.78, 5) is 8.11. The molecule has 4 nitrogen and oxygen atoms in total. The van der Waals surface area contributed by atoms with E-state index in [1.807, 2.05) is 6.92 Å². The van der Waals surface area contributed by atoms with E-state index in [4.69, 9.17) is 5.84 Å². The summed E-state index contributed by atoms with van der Waals surface area (Å²) in [6.45, 7) is 4.04. The number of thioether (sulfide) groups is 1. The molecule has 0 atom stereocenters. The molecule has 1 aromatic heterocycles. The molecule has 0 fully saturated rings. The Balaban J connectivity index is 2.97. The monoisotopic (exact) mass is 184 g/mol. The first-order chi connectivity index (χ1) is 5.79. The molecule has 0 saturated carbocycles. The molecule has 66 valence electrons. The van der Waals surface area contributed by atoms with Gasteiger partial charge in [0.15, 0.2) is 0 Å². The van der Waals surface area contributed by atoms with Crippen LogP contribution in [-0.2, 0) is 0 Å². The number of hydrazine groups is 1. The van der Waals surface area contributed by atoms with Crippen LogP contribution in [0, 0.1) is 6.92 Å². The van der Waals surface area contributed by atoms with Crippen molar-refractivity contribution >= 4 is 17.6 Å². The van der Waals surface area contributed by atoms with Gasteiger partial charge in [-0.25, -0.2) is 15.8 Å². The maximum Gasteiger partial charge on any atom is 0.147 e. The molecule has 3 N–H and O–H groups in total. The normalized spacial score (nSPS) is 9.92. The smallest absolute Gasteiger partial charge is 0.147 e. The first-order valence-corrected chi connectivity index (χ1v) is 4.69. The van der Waals surface area contributed by atoms with Crippen molar-refractivity contribution in [3.8, 4) is 0 Å². The first-order valence-electron chi connectivity index (χ1n) is 3.70. The van der Waals surface area contributed by atoms with Crippen molar-refractivity contribution < 1.29 is 0 Å². The van der Waals surface area contributed by atoms with Gasteiger partial charge < -0.3 is 5.43 Å². The number of nitrogens with zero attached hydrogens (tertiary/aromatic N) is 2. The van der Waals surface area contributed by atoms with E-state index in [-0.39, 0.29) is 0 Å². The molecule has 0 aliphatic heterocycles. The Morgan fingerprint density at radius 3 is 2.92 bits per heavy atom. The van der Waals surface area contributed by atoms with Crippen molar-refractivity contribution in [1.29, 1.82) is 0 Å². The van der Waals surface area contributed by atoms with Crippen LogP contribution >= 0.6 is 11.8 Å². The van der Waals surface area contributed by atoms with Gasteiger partial charge in [-0.1, -0.05) is 6.92 Å². The van der Waals surface area contributed by atoms with Gasteiger partial charge in [0.25, 0.3) is 0 Å². The summed E-state index contributed by atoms with van der Waals surface area (Å²) in [5.41, 5.74) is 3.54. The van der Waals surface area contributed by atoms with Crippen LogP contribution in [0.25, 0.3) is 0 Å². The van der Waals surface area contributed by atoms with Gasteiger partial charge in [0.2, 0.25) is 0 Å². The second-order valence-corrected chi connectivity index (χ2v) is 3.48. The summed E-state index contributed by atoms with van der Waals surface area (Å²) >= 11 is 1.68. The van der Waals surface area contributed by atoms with Crippen molar-refractivity contribution in [2.45, 2.75) is 18.9 Å². The van der Waals surface area contributed by atoms with E-state index in [0.717, 1.165) is 16.3 Å². The van der Waals surface area contributed by atoms with Crippen LogP contribution in [0.2, 0.25) is 0 Å². The van der Waals surface area contributed by atoms with E-state index < -0.39 is 0 Å². The average molecular weight is 184 g/mol. The van der Waals surface area contributed by atoms with Crippen LogP contribution in [0.1, 0.15) is 12.5 Å². The Hall–Kier alpha value is -0.810. The molecule has 0 spiro atoms. The Morgan fingerprint density at radius 1 is 1.58 bits per heavy atom. The fraction of sp³-hybridized carbons (Fsp3) is 0.429. The summed E-state index contributed by atoms with van der Waals surface area (Å²) in [5.74, 6) is 6.96. The third-order valence-corrected chi connectivity index (χ3v) is 2.43. The van der Waals surface area contributed by atoms with E-state index in [2.05, 4.69) is 22.3 Å². The minimum Gasteiger partial charge on any atom is -0.308 e. The topological polar surface area (TPSA) is 63.8 Å². The molecule has 0 aliphatic carbocycles. The van der Waals surface area contributed by atoms with E-state index >= 15 is 0 Å². The van der Waals surface area contributed by atoms with Crippen LogP contribution in [0.15, 0.2) is 11.4 Å². The number of nitrogens with two attached hydrogens (primary N) is 1. The molecule has 1 rings (SSSR count). The number of anilines is 1. The molecule has 0 saturated heterocycles. The second kappa shape index (κ2) is 4.27. The highest BCUT2D eigenvalue weighted by Crippen LogP contribution is 2.22. The number of aromatic nitrogens is 2. The zero-order valence-corrected chi connectivity index (χ0v) is 7.98. The lowest BCUT2D eigenvalue weighted by molar-refractivity contribution is 0.997. The van der Waals surface area contributed by atoms with Crippen LogP contribution in [0.4, 0.5) is 5.82 Å². The molecule has 1 heterocycles. The van der Waals surface area contributed by atoms with Crippen molar-refractivity contribution in [1.82, 2.24) is 9.97 Å². The van der Waals surface area contributed by atoms with E-state index in [1.165, 1.54) is 6.33 Å². The highest BCUT2D eigenvalue weighted by molar-refractivity contribution is 7.99. The summed E-state index contributed by atoms with van der Waals surface area (Å²) in [7, 11) is 0. The minimum absolute atomic E-state index is 0.695. The lowest BCUT2D eigenvalue weighted by atomic mass is 10.3. The van der Waals surface area contributed by atoms with Crippen molar-refractivity contribution in [2.75, 3.05) is 11.2 Å². The third kappa shape index (κ3) is 1.86. The highest BCUT2D eigenvalue weighted by Gasteiger charge is 2.04. The van der Waals surface area contributed by atoms with Gasteiger partial charge in [-0.2, -0.15) is 0 Å². The Bertz CT molecular complexity index is 264. The molecule has 5 heteroatoms. The third-order valence-electron chi connectivity index (χ3n) is 1.46. The molecular weight excluding hydrogens is 172 g/mol. The van der Waals surface area contributed by atoms with Gasteiger partial charge in [0, 0.05) is 5.56 Å². The lowest BCUT2D eigenvalue weighted by Gasteiger charge is -2.06. The highest BCUT2D eigenvalue weighted by atomic mass is 32.2. The summed E-state index contributed by atoms with van der Waals surface area (Å²) in [5, 5.41) is 0.987. The van der Waals surface area contributed by atoms with Gasteiger partial charge in [-0.15, -0.1) is 11.8 Å². The van der Waals surface area contributed by atoms with Gasteiger partial charge >= 0.3 is 0 Å². The SMILES string of the molecule is CCSc1ncnc(NN)c1C. The van der Waals surface area contributed by atoms with Gasteiger partial charge in [0.1, 0.15) is 17.2 Å². The largest absolute Gasteiger partial charge is 0.308 e. The van der Waals surface area contributed by atoms with E-state index in [1.54, 1.807) is 11.8 Å². The maximum atomic E-state index is 5.27. The van der Waals surface area contributed by atoms with E-state index in [9.17, 15) is 0 Å². The van der Waals surface area contributed by atoms with E-state index in [0.29, 0.717) is 5.82 Å². The Labute approximate surface area is 75.9 Å². The molecule has 0 radical (unpaired) electrons. The Morgan fingerprint density at radius 2 is 2.33 bits per heavy atom. The molecular formula is C7H12N4S. The number of nitrogens with one attached hydrogen (secondary N) is 1. The molecule has 12 heavy (non-hydrogen) atoms. The van der Waals surface area contributed by atoms with Gasteiger partial charge in [-0.3, -0.25) is 0 Å². The second-order valence-electron chi connectivity index (χ2n) is 2.23. The zero-order valence-electron chi connectivity index (χ0n) is 7.16. The summed E-state index contributed by atoms with van der Waals surface area (Å²) in [6, 6.07) is 0. The Kier molecular flexibility index (Phi) is 3.31. The van der Waals surface area contributed by atoms with Crippen molar-refractivity contribution in [3.05, 3.63) is 11.9 Å². The molecule has 0 aromatic carbocycles. The number of hydrogen-bond acceptors (Lipinski definition) is 5. The first kappa shape index (κ1) is 9.28. The molecule has 1 aromatic rings. The minimum atomic E-state index is 0.695. The summed E-state index contributed by atoms with van der Waals surface area (Å²) in [6.07, 6.45) is 1.51. The number of nitrogen functional groups attached to an aromatic ring is 1. The molecule has 0 unspecified atom stereocenters. The predicted octanol–water partition coefficient (Wildman–Crippen LogP) is 1.18. The fourth-order valence-corrected chi connectivity index (χ4v) is 1.57. The van der Waals surface area contributed by atoms with Crippen LogP contribution in [0.5, 0.6) is 0 Å². The maximum absolute atomic E-state index is 5.27. The zero-order chi connectivity index (χ0) is 8.97. The predicted molar refractivity (Wildman–Crippen MR) is 51.0 cm³/mol. The van der Waals surface area contributed by atoms with Crippen LogP contribution in [0.3, 0.4) is 0 Å². The standard InChI is InChI=1S/C7H12N4S/c1-3-12-7-5(2)6(11-8)9-4-10-7/h4H,3,8H2,1-2H3,(H,9,10,11). The summed E-state index contributed by atoms with van der Waals surface area (Å²) < 4.78 is 0. The number of rotatable bonds is 3. The lowest BCUT2D eigenvalue weighted by Crippen LogP contribution is -2.10. The molecule has 0 bridgehead atoms. The quantitative estimate of drug-likeness (QED) is 0.320. The van der Waals surface area contributed by atoms with Gasteiger partial charge in [-0.05, 0) is 12.7 Å². The van der Waals surface area contributed by atoms with Crippen molar-refractivity contribution in [3.63, 3.8) is 0 Å². The van der Waals surface area contributed by atoms with Crippen LogP contribution in [-0.4, -0.2) is 15.7 Å². The van der Waals surface area contributed by atoms with Crippen LogP contribution < -0.4 is 11.3 Å². The average Bonchev–Trinajstić information content (AvgIpc) is 2.09. The number of hydrogen-bond donors (Lipinski definition) is 2. The fourth-order valence-electron chi connectivity index (χ4n) is 0.862. The van der Waals surface area contributed by atoms with Gasteiger partial charge in [0.05, 0.1) is 0 Å². The molecule has 0 aliphatic rings.